The molecule has 0 radical (unpaired) electrons. The van der Waals surface area contributed by atoms with Crippen molar-refractivity contribution in [3.63, 3.8) is 0 Å². The maximum absolute atomic E-state index is 13.3. The van der Waals surface area contributed by atoms with Crippen LogP contribution in [-0.2, 0) is 15.0 Å². The second-order valence-electron chi connectivity index (χ2n) is 5.21. The number of aliphatic carboxylic acids is 1. The molecule has 1 N–H and O–H groups in total. The summed E-state index contributed by atoms with van der Waals surface area (Å²) in [5, 5.41) is 8.91. The third-order valence-electron chi connectivity index (χ3n) is 3.64. The summed E-state index contributed by atoms with van der Waals surface area (Å²) in [6, 6.07) is 6.03. The third-order valence-corrected chi connectivity index (χ3v) is 3.64. The van der Waals surface area contributed by atoms with E-state index in [1.165, 1.54) is 17.0 Å². The van der Waals surface area contributed by atoms with Crippen LogP contribution in [0.3, 0.4) is 0 Å². The Bertz CT molecular complexity index is 526. The van der Waals surface area contributed by atoms with Crippen molar-refractivity contribution in [2.45, 2.75) is 31.6 Å². The van der Waals surface area contributed by atoms with Gasteiger partial charge < -0.3 is 10.0 Å². The fourth-order valence-corrected chi connectivity index (χ4v) is 2.53. The molecule has 108 valence electrons. The monoisotopic (exact) mass is 279 g/mol. The average molecular weight is 279 g/mol. The van der Waals surface area contributed by atoms with Gasteiger partial charge in [-0.3, -0.25) is 9.59 Å². The van der Waals surface area contributed by atoms with Gasteiger partial charge in [0.2, 0.25) is 5.91 Å². The third kappa shape index (κ3) is 2.81. The van der Waals surface area contributed by atoms with Crippen molar-refractivity contribution in [1.82, 2.24) is 4.90 Å². The molecular formula is C15H18FNO3. The summed E-state index contributed by atoms with van der Waals surface area (Å²) in [5.41, 5.74) is -0.0683. The van der Waals surface area contributed by atoms with Gasteiger partial charge in [-0.25, -0.2) is 4.39 Å². The van der Waals surface area contributed by atoms with Crippen LogP contribution in [0.15, 0.2) is 24.3 Å². The number of rotatable bonds is 6. The Balaban J connectivity index is 2.24. The highest BCUT2D eigenvalue weighted by Crippen LogP contribution is 2.49. The number of hydrogen-bond acceptors (Lipinski definition) is 2. The normalized spacial score (nSPS) is 15.7. The first kappa shape index (κ1) is 14.5. The molecule has 1 aromatic rings. The molecule has 1 aliphatic rings. The minimum absolute atomic E-state index is 0.202. The number of benzene rings is 1. The lowest BCUT2D eigenvalue weighted by Crippen LogP contribution is -2.42. The molecular weight excluding hydrogens is 261 g/mol. The van der Waals surface area contributed by atoms with Gasteiger partial charge >= 0.3 is 5.97 Å². The van der Waals surface area contributed by atoms with Gasteiger partial charge in [0.15, 0.2) is 0 Å². The number of amides is 1. The van der Waals surface area contributed by atoms with Crippen LogP contribution < -0.4 is 0 Å². The van der Waals surface area contributed by atoms with E-state index in [1.807, 2.05) is 6.92 Å². The zero-order valence-corrected chi connectivity index (χ0v) is 11.4. The van der Waals surface area contributed by atoms with Crippen molar-refractivity contribution in [3.8, 4) is 0 Å². The van der Waals surface area contributed by atoms with E-state index in [-0.39, 0.29) is 18.3 Å². The molecule has 1 amide bonds. The lowest BCUT2D eigenvalue weighted by Gasteiger charge is -2.26. The lowest BCUT2D eigenvalue weighted by molar-refractivity contribution is -0.145. The number of carbonyl (C=O) groups excluding carboxylic acids is 1. The molecule has 2 rings (SSSR count). The summed E-state index contributed by atoms with van der Waals surface area (Å²) < 4.78 is 13.3. The van der Waals surface area contributed by atoms with E-state index in [9.17, 15) is 14.0 Å². The van der Waals surface area contributed by atoms with Gasteiger partial charge in [-0.1, -0.05) is 19.1 Å². The van der Waals surface area contributed by atoms with Gasteiger partial charge in [-0.2, -0.15) is 0 Å². The Hall–Kier alpha value is -1.91. The van der Waals surface area contributed by atoms with Gasteiger partial charge in [-0.05, 0) is 37.0 Å². The second-order valence-corrected chi connectivity index (χ2v) is 5.21. The van der Waals surface area contributed by atoms with E-state index in [0.717, 1.165) is 0 Å². The highest BCUT2D eigenvalue weighted by molar-refractivity contribution is 5.93. The molecule has 1 saturated carbocycles. The Morgan fingerprint density at radius 2 is 2.10 bits per heavy atom. The summed E-state index contributed by atoms with van der Waals surface area (Å²) >= 11 is 0. The van der Waals surface area contributed by atoms with Crippen LogP contribution in [-0.4, -0.2) is 35.0 Å². The van der Waals surface area contributed by atoms with Gasteiger partial charge in [0.25, 0.3) is 0 Å². The molecule has 0 bridgehead atoms. The fraction of sp³-hybridized carbons (Fsp3) is 0.467. The van der Waals surface area contributed by atoms with Gasteiger partial charge in [0, 0.05) is 6.54 Å². The number of carbonyl (C=O) groups is 2. The van der Waals surface area contributed by atoms with Crippen LogP contribution in [0.25, 0.3) is 0 Å². The van der Waals surface area contributed by atoms with Gasteiger partial charge in [-0.15, -0.1) is 0 Å². The molecule has 0 spiro atoms. The summed E-state index contributed by atoms with van der Waals surface area (Å²) in [6.07, 6.45) is 1.99. The first-order chi connectivity index (χ1) is 9.49. The molecule has 0 aliphatic heterocycles. The predicted molar refractivity (Wildman–Crippen MR) is 71.8 cm³/mol. The molecule has 0 heterocycles. The van der Waals surface area contributed by atoms with Gasteiger partial charge in [0.1, 0.15) is 12.4 Å². The van der Waals surface area contributed by atoms with Crippen LogP contribution in [0.1, 0.15) is 31.7 Å². The van der Waals surface area contributed by atoms with Crippen LogP contribution >= 0.6 is 0 Å². The van der Waals surface area contributed by atoms with Crippen LogP contribution in [0.2, 0.25) is 0 Å². The summed E-state index contributed by atoms with van der Waals surface area (Å²) in [6.45, 7) is 2.00. The molecule has 1 aliphatic carbocycles. The maximum atomic E-state index is 13.3. The van der Waals surface area contributed by atoms with Crippen LogP contribution in [0, 0.1) is 5.82 Å². The topological polar surface area (TPSA) is 57.6 Å². The summed E-state index contributed by atoms with van der Waals surface area (Å²) in [4.78, 5) is 24.8. The molecule has 1 fully saturated rings. The van der Waals surface area contributed by atoms with Crippen LogP contribution in [0.5, 0.6) is 0 Å². The van der Waals surface area contributed by atoms with E-state index in [2.05, 4.69) is 0 Å². The Labute approximate surface area is 117 Å². The standard InChI is InChI=1S/C15H18FNO3/c1-2-8-17(10-13(18)19)14(20)15(6-7-15)11-4-3-5-12(16)9-11/h3-5,9H,2,6-8,10H2,1H3,(H,18,19). The van der Waals surface area contributed by atoms with E-state index >= 15 is 0 Å². The number of carboxylic acids is 1. The number of nitrogens with zero attached hydrogens (tertiary/aromatic N) is 1. The average Bonchev–Trinajstić information content (AvgIpc) is 3.18. The van der Waals surface area contributed by atoms with Crippen molar-refractivity contribution in [2.75, 3.05) is 13.1 Å². The van der Waals surface area contributed by atoms with Crippen molar-refractivity contribution in [2.24, 2.45) is 0 Å². The summed E-state index contributed by atoms with van der Waals surface area (Å²) in [5.74, 6) is -1.60. The number of halogens is 1. The van der Waals surface area contributed by atoms with E-state index in [1.54, 1.807) is 12.1 Å². The predicted octanol–water partition coefficient (Wildman–Crippen LogP) is 2.18. The minimum Gasteiger partial charge on any atom is -0.480 e. The van der Waals surface area contributed by atoms with Gasteiger partial charge in [0.05, 0.1) is 5.41 Å². The molecule has 4 nitrogen and oxygen atoms in total. The molecule has 0 atom stereocenters. The largest absolute Gasteiger partial charge is 0.480 e. The molecule has 1 aromatic carbocycles. The minimum atomic E-state index is -1.03. The van der Waals surface area contributed by atoms with Crippen LogP contribution in [0.4, 0.5) is 4.39 Å². The van der Waals surface area contributed by atoms with E-state index in [4.69, 9.17) is 5.11 Å². The van der Waals surface area contributed by atoms with Crippen molar-refractivity contribution in [1.29, 1.82) is 0 Å². The highest BCUT2D eigenvalue weighted by Gasteiger charge is 2.53. The lowest BCUT2D eigenvalue weighted by atomic mass is 9.94. The smallest absolute Gasteiger partial charge is 0.323 e. The zero-order valence-electron chi connectivity index (χ0n) is 11.4. The molecule has 0 saturated heterocycles. The molecule has 0 aromatic heterocycles. The second kappa shape index (κ2) is 5.61. The van der Waals surface area contributed by atoms with Crippen molar-refractivity contribution < 1.29 is 19.1 Å². The Morgan fingerprint density at radius 3 is 2.60 bits per heavy atom. The Morgan fingerprint density at radius 1 is 1.40 bits per heavy atom. The first-order valence-electron chi connectivity index (χ1n) is 6.77. The quantitative estimate of drug-likeness (QED) is 0.868. The van der Waals surface area contributed by atoms with E-state index < -0.39 is 11.4 Å². The molecule has 20 heavy (non-hydrogen) atoms. The zero-order chi connectivity index (χ0) is 14.8. The SMILES string of the molecule is CCCN(CC(=O)O)C(=O)C1(c2cccc(F)c2)CC1. The highest BCUT2D eigenvalue weighted by atomic mass is 19.1. The Kier molecular flexibility index (Phi) is 4.06. The summed E-state index contributed by atoms with van der Waals surface area (Å²) in [7, 11) is 0. The van der Waals surface area contributed by atoms with E-state index in [0.29, 0.717) is 31.4 Å². The fourth-order valence-electron chi connectivity index (χ4n) is 2.53. The molecule has 5 heteroatoms. The maximum Gasteiger partial charge on any atom is 0.323 e. The van der Waals surface area contributed by atoms with Crippen molar-refractivity contribution >= 4 is 11.9 Å². The number of carboxylic acid groups (broad SMARTS) is 1. The number of hydrogen-bond donors (Lipinski definition) is 1. The van der Waals surface area contributed by atoms with Crippen molar-refractivity contribution in [3.05, 3.63) is 35.6 Å². The first-order valence-corrected chi connectivity index (χ1v) is 6.77. The molecule has 0 unspecified atom stereocenters.